The van der Waals surface area contributed by atoms with E-state index in [9.17, 15) is 4.79 Å². The lowest BCUT2D eigenvalue weighted by molar-refractivity contribution is 0.0984. The van der Waals surface area contributed by atoms with Crippen molar-refractivity contribution in [3.8, 4) is 0 Å². The first kappa shape index (κ1) is 15.3. The van der Waals surface area contributed by atoms with Gasteiger partial charge >= 0.3 is 0 Å². The van der Waals surface area contributed by atoms with E-state index in [0.29, 0.717) is 24.6 Å². The second-order valence-electron chi connectivity index (χ2n) is 5.84. The molecule has 0 fully saturated rings. The number of hydrogen-bond donors (Lipinski definition) is 1. The summed E-state index contributed by atoms with van der Waals surface area (Å²) in [7, 11) is 0. The van der Waals surface area contributed by atoms with Gasteiger partial charge in [-0.3, -0.25) is 9.78 Å². The molecule has 0 saturated carbocycles. The minimum atomic E-state index is -0.115. The van der Waals surface area contributed by atoms with Gasteiger partial charge in [0, 0.05) is 31.2 Å². The molecule has 0 aliphatic carbocycles. The average Bonchev–Trinajstić information content (AvgIpc) is 3.11. The van der Waals surface area contributed by atoms with Crippen molar-refractivity contribution in [2.24, 2.45) is 0 Å². The summed E-state index contributed by atoms with van der Waals surface area (Å²) in [6, 6.07) is 11.8. The van der Waals surface area contributed by atoms with Crippen molar-refractivity contribution in [2.45, 2.75) is 13.0 Å². The molecule has 0 bridgehead atoms. The Hall–Kier alpha value is -3.28. The first-order chi connectivity index (χ1) is 12.3. The van der Waals surface area contributed by atoms with E-state index in [-0.39, 0.29) is 5.91 Å². The smallest absolute Gasteiger partial charge is 0.278 e. The zero-order chi connectivity index (χ0) is 17.1. The van der Waals surface area contributed by atoms with Crippen LogP contribution in [0.3, 0.4) is 0 Å². The topological polar surface area (TPSA) is 71.0 Å². The number of fused-ring (bicyclic) bond motifs is 1. The largest absolute Gasteiger partial charge is 0.365 e. The molecule has 0 radical (unpaired) electrons. The lowest BCUT2D eigenvalue weighted by Gasteiger charge is -2.16. The van der Waals surface area contributed by atoms with Crippen LogP contribution >= 0.6 is 0 Å². The molecule has 1 aliphatic rings. The maximum atomic E-state index is 12.7. The molecule has 6 heteroatoms. The Morgan fingerprint density at radius 2 is 2.00 bits per heavy atom. The number of hydrogen-bond acceptors (Lipinski definition) is 5. The molecule has 1 N–H and O–H groups in total. The Balaban J connectivity index is 1.44. The number of rotatable bonds is 4. The fourth-order valence-corrected chi connectivity index (χ4v) is 2.91. The van der Waals surface area contributed by atoms with Crippen LogP contribution in [0.15, 0.2) is 61.2 Å². The standard InChI is InChI=1S/C19H17N5O/c25-19(24-9-7-15-5-1-2-6-17(15)24)16-12-23-18(13-21-16)22-11-14-4-3-8-20-10-14/h1-6,8,10,12-13H,7,9,11H2,(H,22,23). The molecule has 25 heavy (non-hydrogen) atoms. The predicted octanol–water partition coefficient (Wildman–Crippen LogP) is 2.69. The summed E-state index contributed by atoms with van der Waals surface area (Å²) >= 11 is 0. The molecule has 1 amide bonds. The van der Waals surface area contributed by atoms with Gasteiger partial charge in [0.05, 0.1) is 12.4 Å². The van der Waals surface area contributed by atoms with Crippen LogP contribution in [0.5, 0.6) is 0 Å². The molecule has 1 aliphatic heterocycles. The number of anilines is 2. The van der Waals surface area contributed by atoms with Crippen LogP contribution in [0.4, 0.5) is 11.5 Å². The Morgan fingerprint density at radius 1 is 1.08 bits per heavy atom. The van der Waals surface area contributed by atoms with E-state index in [1.807, 2.05) is 30.3 Å². The summed E-state index contributed by atoms with van der Waals surface area (Å²) < 4.78 is 0. The minimum absolute atomic E-state index is 0.115. The normalized spacial score (nSPS) is 12.7. The van der Waals surface area contributed by atoms with Crippen molar-refractivity contribution in [3.05, 3.63) is 78.0 Å². The highest BCUT2D eigenvalue weighted by Crippen LogP contribution is 2.28. The van der Waals surface area contributed by atoms with Gasteiger partial charge in [-0.1, -0.05) is 24.3 Å². The van der Waals surface area contributed by atoms with Gasteiger partial charge in [-0.15, -0.1) is 0 Å². The molecule has 124 valence electrons. The summed E-state index contributed by atoms with van der Waals surface area (Å²) in [5, 5.41) is 3.17. The molecule has 0 spiro atoms. The first-order valence-electron chi connectivity index (χ1n) is 8.16. The fourth-order valence-electron chi connectivity index (χ4n) is 2.91. The number of carbonyl (C=O) groups is 1. The van der Waals surface area contributed by atoms with Crippen molar-refractivity contribution in [1.29, 1.82) is 0 Å². The SMILES string of the molecule is O=C(c1cnc(NCc2cccnc2)cn1)N1CCc2ccccc21. The second kappa shape index (κ2) is 6.68. The van der Waals surface area contributed by atoms with Gasteiger partial charge in [0.1, 0.15) is 11.5 Å². The molecule has 0 atom stereocenters. The van der Waals surface area contributed by atoms with E-state index in [0.717, 1.165) is 17.7 Å². The molecule has 6 nitrogen and oxygen atoms in total. The van der Waals surface area contributed by atoms with Crippen molar-refractivity contribution in [2.75, 3.05) is 16.8 Å². The van der Waals surface area contributed by atoms with Crippen LogP contribution in [0, 0.1) is 0 Å². The highest BCUT2D eigenvalue weighted by atomic mass is 16.2. The number of benzene rings is 1. The minimum Gasteiger partial charge on any atom is -0.365 e. The van der Waals surface area contributed by atoms with Crippen LogP contribution in [-0.4, -0.2) is 27.4 Å². The number of para-hydroxylation sites is 1. The lowest BCUT2D eigenvalue weighted by atomic mass is 10.2. The molecule has 3 heterocycles. The third-order valence-corrected chi connectivity index (χ3v) is 4.20. The van der Waals surface area contributed by atoms with Gasteiger partial charge in [-0.2, -0.15) is 0 Å². The van der Waals surface area contributed by atoms with Crippen LogP contribution in [0.25, 0.3) is 0 Å². The van der Waals surface area contributed by atoms with E-state index < -0.39 is 0 Å². The van der Waals surface area contributed by atoms with Gasteiger partial charge in [-0.05, 0) is 29.7 Å². The van der Waals surface area contributed by atoms with Gasteiger partial charge < -0.3 is 10.2 Å². The summed E-state index contributed by atoms with van der Waals surface area (Å²) in [5.74, 6) is 0.512. The highest BCUT2D eigenvalue weighted by Gasteiger charge is 2.26. The van der Waals surface area contributed by atoms with Gasteiger partial charge in [0.15, 0.2) is 0 Å². The number of aromatic nitrogens is 3. The average molecular weight is 331 g/mol. The van der Waals surface area contributed by atoms with Crippen LogP contribution in [-0.2, 0) is 13.0 Å². The van der Waals surface area contributed by atoms with E-state index in [1.165, 1.54) is 11.8 Å². The zero-order valence-corrected chi connectivity index (χ0v) is 13.6. The zero-order valence-electron chi connectivity index (χ0n) is 13.6. The molecule has 4 rings (SSSR count). The summed E-state index contributed by atoms with van der Waals surface area (Å²) in [5.41, 5.74) is 3.56. The Bertz CT molecular complexity index is 880. The fraction of sp³-hybridized carbons (Fsp3) is 0.158. The van der Waals surface area contributed by atoms with Crippen molar-refractivity contribution in [3.63, 3.8) is 0 Å². The monoisotopic (exact) mass is 331 g/mol. The number of pyridine rings is 1. The van der Waals surface area contributed by atoms with Crippen molar-refractivity contribution < 1.29 is 4.79 Å². The van der Waals surface area contributed by atoms with Crippen molar-refractivity contribution in [1.82, 2.24) is 15.0 Å². The number of carbonyl (C=O) groups excluding carboxylic acids is 1. The quantitative estimate of drug-likeness (QED) is 0.796. The van der Waals surface area contributed by atoms with Crippen LogP contribution in [0.1, 0.15) is 21.6 Å². The number of amides is 1. The molecular formula is C19H17N5O. The Labute approximate surface area is 145 Å². The second-order valence-corrected chi connectivity index (χ2v) is 5.84. The molecule has 1 aromatic carbocycles. The molecular weight excluding hydrogens is 314 g/mol. The van der Waals surface area contributed by atoms with E-state index in [1.54, 1.807) is 23.5 Å². The predicted molar refractivity (Wildman–Crippen MR) is 95.4 cm³/mol. The number of nitrogens with zero attached hydrogens (tertiary/aromatic N) is 4. The summed E-state index contributed by atoms with van der Waals surface area (Å²) in [4.78, 5) is 27.1. The van der Waals surface area contributed by atoms with Crippen LogP contribution < -0.4 is 10.2 Å². The molecule has 0 saturated heterocycles. The highest BCUT2D eigenvalue weighted by molar-refractivity contribution is 6.05. The summed E-state index contributed by atoms with van der Waals surface area (Å²) in [6.45, 7) is 1.29. The summed E-state index contributed by atoms with van der Waals surface area (Å²) in [6.07, 6.45) is 7.52. The van der Waals surface area contributed by atoms with E-state index >= 15 is 0 Å². The molecule has 0 unspecified atom stereocenters. The molecule has 3 aromatic rings. The van der Waals surface area contributed by atoms with Crippen LogP contribution in [0.2, 0.25) is 0 Å². The number of nitrogens with one attached hydrogen (secondary N) is 1. The third kappa shape index (κ3) is 3.19. The maximum Gasteiger partial charge on any atom is 0.278 e. The van der Waals surface area contributed by atoms with E-state index in [4.69, 9.17) is 0 Å². The Kier molecular flexibility index (Phi) is 4.08. The third-order valence-electron chi connectivity index (χ3n) is 4.20. The maximum absolute atomic E-state index is 12.7. The van der Waals surface area contributed by atoms with Crippen molar-refractivity contribution >= 4 is 17.4 Å². The van der Waals surface area contributed by atoms with Gasteiger partial charge in [0.25, 0.3) is 5.91 Å². The first-order valence-corrected chi connectivity index (χ1v) is 8.16. The lowest BCUT2D eigenvalue weighted by Crippen LogP contribution is -2.29. The van der Waals surface area contributed by atoms with E-state index in [2.05, 4.69) is 26.3 Å². The van der Waals surface area contributed by atoms with Gasteiger partial charge in [0.2, 0.25) is 0 Å². The Morgan fingerprint density at radius 3 is 2.80 bits per heavy atom. The van der Waals surface area contributed by atoms with Gasteiger partial charge in [-0.25, -0.2) is 9.97 Å². The molecule has 2 aromatic heterocycles.